The SMILES string of the molecule is CN1CCN(CC(O)c2c3c(cc4c2CCC4)CCC3)CC1. The summed E-state index contributed by atoms with van der Waals surface area (Å²) in [6.07, 6.45) is 7.05. The van der Waals surface area contributed by atoms with Gasteiger partial charge in [0.1, 0.15) is 0 Å². The van der Waals surface area contributed by atoms with Gasteiger partial charge >= 0.3 is 0 Å². The van der Waals surface area contributed by atoms with Crippen molar-refractivity contribution in [1.82, 2.24) is 9.80 Å². The van der Waals surface area contributed by atoms with Crippen LogP contribution in [0, 0.1) is 0 Å². The molecule has 1 atom stereocenters. The predicted molar refractivity (Wildman–Crippen MR) is 89.4 cm³/mol. The maximum atomic E-state index is 11.0. The van der Waals surface area contributed by atoms with Crippen LogP contribution in [-0.2, 0) is 25.7 Å². The topological polar surface area (TPSA) is 26.7 Å². The van der Waals surface area contributed by atoms with Crippen molar-refractivity contribution in [2.24, 2.45) is 0 Å². The van der Waals surface area contributed by atoms with E-state index in [0.29, 0.717) is 0 Å². The quantitative estimate of drug-likeness (QED) is 0.924. The molecule has 3 nitrogen and oxygen atoms in total. The van der Waals surface area contributed by atoms with Gasteiger partial charge in [-0.25, -0.2) is 0 Å². The summed E-state index contributed by atoms with van der Waals surface area (Å²) in [4.78, 5) is 4.82. The highest BCUT2D eigenvalue weighted by Gasteiger charge is 2.28. The molecule has 1 saturated heterocycles. The Kier molecular flexibility index (Phi) is 3.97. The molecular formula is C19H28N2O. The van der Waals surface area contributed by atoms with Crippen LogP contribution in [0.1, 0.15) is 46.8 Å². The van der Waals surface area contributed by atoms with Gasteiger partial charge < -0.3 is 10.0 Å². The summed E-state index contributed by atoms with van der Waals surface area (Å²) in [7, 11) is 2.19. The second kappa shape index (κ2) is 5.95. The number of hydrogen-bond donors (Lipinski definition) is 1. The molecule has 0 aromatic heterocycles. The lowest BCUT2D eigenvalue weighted by atomic mass is 9.90. The van der Waals surface area contributed by atoms with Gasteiger partial charge in [0.15, 0.2) is 0 Å². The van der Waals surface area contributed by atoms with Crippen LogP contribution in [0.5, 0.6) is 0 Å². The van der Waals surface area contributed by atoms with E-state index in [9.17, 15) is 5.11 Å². The fraction of sp³-hybridized carbons (Fsp3) is 0.684. The molecule has 0 spiro atoms. The van der Waals surface area contributed by atoms with E-state index in [1.54, 1.807) is 0 Å². The molecular weight excluding hydrogens is 272 g/mol. The zero-order valence-electron chi connectivity index (χ0n) is 13.8. The number of likely N-dealkylation sites (N-methyl/N-ethyl adjacent to an activating group) is 1. The van der Waals surface area contributed by atoms with Crippen molar-refractivity contribution in [2.45, 2.75) is 44.6 Å². The summed E-state index contributed by atoms with van der Waals surface area (Å²) in [5.41, 5.74) is 7.41. The minimum atomic E-state index is -0.289. The van der Waals surface area contributed by atoms with Crippen molar-refractivity contribution in [3.8, 4) is 0 Å². The lowest BCUT2D eigenvalue weighted by Crippen LogP contribution is -2.45. The summed E-state index contributed by atoms with van der Waals surface area (Å²) in [5.74, 6) is 0. The number of aryl methyl sites for hydroxylation is 2. The molecule has 3 heteroatoms. The minimum absolute atomic E-state index is 0.289. The summed E-state index contributed by atoms with van der Waals surface area (Å²) >= 11 is 0. The Morgan fingerprint density at radius 3 is 2.14 bits per heavy atom. The van der Waals surface area contributed by atoms with Gasteiger partial charge in [-0.05, 0) is 73.4 Å². The minimum Gasteiger partial charge on any atom is -0.387 e. The number of aliphatic hydroxyl groups excluding tert-OH is 1. The Bertz CT molecular complexity index is 529. The van der Waals surface area contributed by atoms with E-state index in [-0.39, 0.29) is 6.10 Å². The smallest absolute Gasteiger partial charge is 0.0922 e. The van der Waals surface area contributed by atoms with Gasteiger partial charge in [-0.15, -0.1) is 0 Å². The van der Waals surface area contributed by atoms with Gasteiger partial charge in [-0.2, -0.15) is 0 Å². The van der Waals surface area contributed by atoms with Gasteiger partial charge in [0, 0.05) is 32.7 Å². The van der Waals surface area contributed by atoms with Gasteiger partial charge in [-0.1, -0.05) is 6.07 Å². The summed E-state index contributed by atoms with van der Waals surface area (Å²) in [6.45, 7) is 5.24. The molecule has 0 bridgehead atoms. The van der Waals surface area contributed by atoms with Gasteiger partial charge in [-0.3, -0.25) is 4.90 Å². The molecule has 1 aromatic carbocycles. The molecule has 1 unspecified atom stereocenters. The van der Waals surface area contributed by atoms with E-state index in [1.165, 1.54) is 66.3 Å². The number of benzene rings is 1. The number of piperazine rings is 1. The van der Waals surface area contributed by atoms with E-state index in [1.807, 2.05) is 0 Å². The summed E-state index contributed by atoms with van der Waals surface area (Å²) in [6, 6.07) is 2.46. The third-order valence-electron chi connectivity index (χ3n) is 5.88. The average molecular weight is 300 g/mol. The first-order valence-corrected chi connectivity index (χ1v) is 8.98. The van der Waals surface area contributed by atoms with E-state index in [4.69, 9.17) is 0 Å². The Labute approximate surface area is 133 Å². The highest BCUT2D eigenvalue weighted by molar-refractivity contribution is 5.51. The van der Waals surface area contributed by atoms with Crippen LogP contribution in [0.25, 0.3) is 0 Å². The molecule has 1 N–H and O–H groups in total. The van der Waals surface area contributed by atoms with Crippen molar-refractivity contribution in [3.05, 3.63) is 33.9 Å². The van der Waals surface area contributed by atoms with Gasteiger partial charge in [0.2, 0.25) is 0 Å². The van der Waals surface area contributed by atoms with Crippen molar-refractivity contribution in [3.63, 3.8) is 0 Å². The van der Waals surface area contributed by atoms with E-state index >= 15 is 0 Å². The zero-order chi connectivity index (χ0) is 15.1. The maximum Gasteiger partial charge on any atom is 0.0922 e. The van der Waals surface area contributed by atoms with Crippen LogP contribution in [0.2, 0.25) is 0 Å². The zero-order valence-corrected chi connectivity index (χ0v) is 13.8. The normalized spacial score (nSPS) is 23.5. The van der Waals surface area contributed by atoms with Crippen LogP contribution >= 0.6 is 0 Å². The van der Waals surface area contributed by atoms with Crippen LogP contribution in [0.3, 0.4) is 0 Å². The fourth-order valence-electron chi connectivity index (χ4n) is 4.63. The average Bonchev–Trinajstić information content (AvgIpc) is 3.15. The summed E-state index contributed by atoms with van der Waals surface area (Å²) < 4.78 is 0. The van der Waals surface area contributed by atoms with Gasteiger partial charge in [0.25, 0.3) is 0 Å². The van der Waals surface area contributed by atoms with Gasteiger partial charge in [0.05, 0.1) is 6.10 Å². The summed E-state index contributed by atoms with van der Waals surface area (Å²) in [5, 5.41) is 11.0. The standard InChI is InChI=1S/C19H28N2O/c1-20-8-10-21(11-9-20)13-18(22)19-16-6-2-4-14(16)12-15-5-3-7-17(15)19/h12,18,22H,2-11,13H2,1H3. The maximum absolute atomic E-state index is 11.0. The lowest BCUT2D eigenvalue weighted by Gasteiger charge is -2.34. The third-order valence-corrected chi connectivity index (χ3v) is 5.88. The van der Waals surface area contributed by atoms with Crippen molar-refractivity contribution < 1.29 is 5.11 Å². The first-order valence-electron chi connectivity index (χ1n) is 8.98. The first-order chi connectivity index (χ1) is 10.7. The van der Waals surface area contributed by atoms with Crippen molar-refractivity contribution in [2.75, 3.05) is 39.8 Å². The second-order valence-corrected chi connectivity index (χ2v) is 7.39. The number of β-amino-alcohol motifs (C(OH)–C–C–N with tert-alkyl or cyclic N) is 1. The molecule has 22 heavy (non-hydrogen) atoms. The number of fused-ring (bicyclic) bond motifs is 2. The molecule has 2 aliphatic carbocycles. The second-order valence-electron chi connectivity index (χ2n) is 7.39. The Morgan fingerprint density at radius 2 is 1.55 bits per heavy atom. The molecule has 0 saturated carbocycles. The number of nitrogens with zero attached hydrogens (tertiary/aromatic N) is 2. The molecule has 4 rings (SSSR count). The molecule has 120 valence electrons. The van der Waals surface area contributed by atoms with Crippen LogP contribution in [0.15, 0.2) is 6.07 Å². The first kappa shape index (κ1) is 14.7. The third kappa shape index (κ3) is 2.60. The van der Waals surface area contributed by atoms with E-state index < -0.39 is 0 Å². The molecule has 1 aromatic rings. The molecule has 0 radical (unpaired) electrons. The van der Waals surface area contributed by atoms with Crippen molar-refractivity contribution >= 4 is 0 Å². The predicted octanol–water partition coefficient (Wildman–Crippen LogP) is 1.94. The largest absolute Gasteiger partial charge is 0.387 e. The molecule has 3 aliphatic rings. The fourth-order valence-corrected chi connectivity index (χ4v) is 4.63. The highest BCUT2D eigenvalue weighted by Crippen LogP contribution is 2.38. The molecule has 1 heterocycles. The number of rotatable bonds is 3. The van der Waals surface area contributed by atoms with Crippen molar-refractivity contribution in [1.29, 1.82) is 0 Å². The van der Waals surface area contributed by atoms with E-state index in [2.05, 4.69) is 22.9 Å². The van der Waals surface area contributed by atoms with Crippen LogP contribution < -0.4 is 0 Å². The highest BCUT2D eigenvalue weighted by atomic mass is 16.3. The Hall–Kier alpha value is -0.900. The molecule has 1 aliphatic heterocycles. The lowest BCUT2D eigenvalue weighted by molar-refractivity contribution is 0.0797. The number of hydrogen-bond acceptors (Lipinski definition) is 3. The Balaban J connectivity index is 1.59. The monoisotopic (exact) mass is 300 g/mol. The molecule has 0 amide bonds. The Morgan fingerprint density at radius 1 is 0.955 bits per heavy atom. The van der Waals surface area contributed by atoms with E-state index in [0.717, 1.165) is 32.7 Å². The number of aliphatic hydroxyl groups is 1. The van der Waals surface area contributed by atoms with Crippen LogP contribution in [0.4, 0.5) is 0 Å². The van der Waals surface area contributed by atoms with Crippen LogP contribution in [-0.4, -0.2) is 54.7 Å². The molecule has 1 fully saturated rings.